The summed E-state index contributed by atoms with van der Waals surface area (Å²) < 4.78 is 5.13. The van der Waals surface area contributed by atoms with Gasteiger partial charge in [0.25, 0.3) is 0 Å². The van der Waals surface area contributed by atoms with Gasteiger partial charge in [-0.05, 0) is 32.0 Å². The summed E-state index contributed by atoms with van der Waals surface area (Å²) >= 11 is 0. The van der Waals surface area contributed by atoms with Crippen LogP contribution in [0.2, 0.25) is 0 Å². The van der Waals surface area contributed by atoms with Gasteiger partial charge in [0.2, 0.25) is 5.91 Å². The van der Waals surface area contributed by atoms with Crippen molar-refractivity contribution in [3.63, 3.8) is 0 Å². The van der Waals surface area contributed by atoms with Crippen LogP contribution in [0.25, 0.3) is 0 Å². The molecular weight excluding hydrogens is 262 g/mol. The molecule has 0 aliphatic heterocycles. The van der Waals surface area contributed by atoms with Crippen molar-refractivity contribution in [3.05, 3.63) is 29.3 Å². The third-order valence-corrected chi connectivity index (χ3v) is 2.79. The Morgan fingerprint density at radius 3 is 2.50 bits per heavy atom. The van der Waals surface area contributed by atoms with Crippen LogP contribution in [0.1, 0.15) is 29.8 Å². The first-order chi connectivity index (χ1) is 9.35. The molecule has 0 saturated carbocycles. The van der Waals surface area contributed by atoms with E-state index >= 15 is 0 Å². The number of rotatable bonds is 6. The lowest BCUT2D eigenvalue weighted by Crippen LogP contribution is -2.39. The molecule has 1 aromatic rings. The van der Waals surface area contributed by atoms with E-state index in [2.05, 4.69) is 5.32 Å². The fourth-order valence-corrected chi connectivity index (χ4v) is 1.66. The minimum atomic E-state index is -1.11. The van der Waals surface area contributed by atoms with E-state index in [1.165, 1.54) is 21.0 Å². The zero-order valence-corrected chi connectivity index (χ0v) is 11.6. The number of carbonyl (C=O) groups excluding carboxylic acids is 2. The van der Waals surface area contributed by atoms with Crippen LogP contribution in [0.4, 0.5) is 0 Å². The number of carboxylic acids is 1. The van der Waals surface area contributed by atoms with E-state index in [-0.39, 0.29) is 12.2 Å². The van der Waals surface area contributed by atoms with Crippen LogP contribution in [0, 0.1) is 0 Å². The molecule has 1 amide bonds. The third-order valence-electron chi connectivity index (χ3n) is 2.79. The molecule has 0 saturated heterocycles. The third kappa shape index (κ3) is 4.08. The van der Waals surface area contributed by atoms with Crippen LogP contribution >= 0.6 is 0 Å². The van der Waals surface area contributed by atoms with Crippen molar-refractivity contribution in [2.24, 2.45) is 0 Å². The molecule has 1 unspecified atom stereocenters. The predicted octanol–water partition coefficient (Wildman–Crippen LogP) is 1.03. The molecule has 1 aromatic carbocycles. The molecule has 2 N–H and O–H groups in total. The normalized spacial score (nSPS) is 11.6. The van der Waals surface area contributed by atoms with E-state index < -0.39 is 17.9 Å². The molecule has 0 aromatic heterocycles. The lowest BCUT2D eigenvalue weighted by molar-refractivity contribution is -0.141. The van der Waals surface area contributed by atoms with Crippen molar-refractivity contribution >= 4 is 17.7 Å². The van der Waals surface area contributed by atoms with Crippen molar-refractivity contribution in [2.45, 2.75) is 26.3 Å². The van der Waals surface area contributed by atoms with Crippen molar-refractivity contribution < 1.29 is 24.2 Å². The first kappa shape index (κ1) is 15.7. The van der Waals surface area contributed by atoms with E-state index in [0.717, 1.165) is 0 Å². The zero-order chi connectivity index (χ0) is 15.3. The van der Waals surface area contributed by atoms with E-state index in [0.29, 0.717) is 16.9 Å². The van der Waals surface area contributed by atoms with Gasteiger partial charge in [-0.2, -0.15) is 0 Å². The second kappa shape index (κ2) is 6.70. The molecule has 0 aliphatic carbocycles. The minimum Gasteiger partial charge on any atom is -0.496 e. The van der Waals surface area contributed by atoms with Crippen molar-refractivity contribution in [1.29, 1.82) is 0 Å². The summed E-state index contributed by atoms with van der Waals surface area (Å²) in [5.41, 5.74) is 1.01. The summed E-state index contributed by atoms with van der Waals surface area (Å²) in [6.45, 7) is 2.81. The Labute approximate surface area is 116 Å². The highest BCUT2D eigenvalue weighted by atomic mass is 16.5. The summed E-state index contributed by atoms with van der Waals surface area (Å²) in [6.07, 6.45) is -0.0537. The second-order valence-corrected chi connectivity index (χ2v) is 4.39. The maximum absolute atomic E-state index is 11.8. The Morgan fingerprint density at radius 1 is 1.35 bits per heavy atom. The molecule has 1 atom stereocenters. The SMILES string of the molecule is COc1ccc(C(C)=O)cc1CC(=O)NC(C)C(=O)O. The van der Waals surface area contributed by atoms with Gasteiger partial charge in [0.1, 0.15) is 11.8 Å². The molecule has 6 heteroatoms. The molecular formula is C14H17NO5. The quantitative estimate of drug-likeness (QED) is 0.759. The van der Waals surface area contributed by atoms with Gasteiger partial charge >= 0.3 is 5.97 Å². The number of hydrogen-bond donors (Lipinski definition) is 2. The number of nitrogens with one attached hydrogen (secondary N) is 1. The number of ketones is 1. The summed E-state index contributed by atoms with van der Waals surface area (Å²) in [5.74, 6) is -1.19. The Hall–Kier alpha value is -2.37. The summed E-state index contributed by atoms with van der Waals surface area (Å²) in [6, 6.07) is 3.83. The molecule has 0 bridgehead atoms. The van der Waals surface area contributed by atoms with E-state index in [1.54, 1.807) is 18.2 Å². The van der Waals surface area contributed by atoms with Crippen molar-refractivity contribution in [1.82, 2.24) is 5.32 Å². The van der Waals surface area contributed by atoms with Gasteiger partial charge in [-0.3, -0.25) is 14.4 Å². The van der Waals surface area contributed by atoms with Gasteiger partial charge in [0.05, 0.1) is 13.5 Å². The maximum Gasteiger partial charge on any atom is 0.325 e. The van der Waals surface area contributed by atoms with Crippen LogP contribution in [0.15, 0.2) is 18.2 Å². The predicted molar refractivity (Wildman–Crippen MR) is 71.9 cm³/mol. The molecule has 0 heterocycles. The highest BCUT2D eigenvalue weighted by Gasteiger charge is 2.16. The number of ether oxygens (including phenoxy) is 1. The first-order valence-corrected chi connectivity index (χ1v) is 6.05. The Bertz CT molecular complexity index is 538. The van der Waals surface area contributed by atoms with Crippen LogP contribution in [-0.4, -0.2) is 35.9 Å². The van der Waals surface area contributed by atoms with Gasteiger partial charge in [-0.1, -0.05) is 0 Å². The van der Waals surface area contributed by atoms with Gasteiger partial charge in [0.15, 0.2) is 5.78 Å². The Kier molecular flexibility index (Phi) is 5.25. The molecule has 20 heavy (non-hydrogen) atoms. The van der Waals surface area contributed by atoms with Crippen molar-refractivity contribution in [2.75, 3.05) is 7.11 Å². The average molecular weight is 279 g/mol. The standard InChI is InChI=1S/C14H17NO5/c1-8(14(18)19)15-13(17)7-11-6-10(9(2)16)4-5-12(11)20-3/h4-6,8H,7H2,1-3H3,(H,15,17)(H,18,19). The lowest BCUT2D eigenvalue weighted by Gasteiger charge is -2.12. The average Bonchev–Trinajstić information content (AvgIpc) is 2.38. The number of carboxylic acid groups (broad SMARTS) is 1. The molecule has 0 spiro atoms. The number of carbonyl (C=O) groups is 3. The fraction of sp³-hybridized carbons (Fsp3) is 0.357. The molecule has 0 radical (unpaired) electrons. The Balaban J connectivity index is 2.89. The van der Waals surface area contributed by atoms with Crippen LogP contribution < -0.4 is 10.1 Å². The topological polar surface area (TPSA) is 92.7 Å². The highest BCUT2D eigenvalue weighted by molar-refractivity contribution is 5.95. The van der Waals surface area contributed by atoms with Gasteiger partial charge in [0, 0.05) is 11.1 Å². The summed E-state index contributed by atoms with van der Waals surface area (Å²) in [4.78, 5) is 33.8. The van der Waals surface area contributed by atoms with Gasteiger partial charge < -0.3 is 15.2 Å². The smallest absolute Gasteiger partial charge is 0.325 e. The van der Waals surface area contributed by atoms with Crippen LogP contribution in [0.5, 0.6) is 5.75 Å². The number of aliphatic carboxylic acids is 1. The van der Waals surface area contributed by atoms with Crippen molar-refractivity contribution in [3.8, 4) is 5.75 Å². The van der Waals surface area contributed by atoms with Crippen LogP contribution in [-0.2, 0) is 16.0 Å². The minimum absolute atomic E-state index is 0.0537. The second-order valence-electron chi connectivity index (χ2n) is 4.39. The van der Waals surface area contributed by atoms with E-state index in [4.69, 9.17) is 9.84 Å². The lowest BCUT2D eigenvalue weighted by atomic mass is 10.0. The highest BCUT2D eigenvalue weighted by Crippen LogP contribution is 2.20. The molecule has 108 valence electrons. The van der Waals surface area contributed by atoms with Gasteiger partial charge in [-0.25, -0.2) is 0 Å². The summed E-state index contributed by atoms with van der Waals surface area (Å²) in [7, 11) is 1.46. The number of methoxy groups -OCH3 is 1. The number of Topliss-reactive ketones (excluding diaryl/α,β-unsaturated/α-hetero) is 1. The van der Waals surface area contributed by atoms with Gasteiger partial charge in [-0.15, -0.1) is 0 Å². The Morgan fingerprint density at radius 2 is 2.00 bits per heavy atom. The zero-order valence-electron chi connectivity index (χ0n) is 11.6. The number of amides is 1. The molecule has 1 rings (SSSR count). The maximum atomic E-state index is 11.8. The van der Waals surface area contributed by atoms with E-state index in [1.807, 2.05) is 0 Å². The first-order valence-electron chi connectivity index (χ1n) is 6.05. The molecule has 6 nitrogen and oxygen atoms in total. The van der Waals surface area contributed by atoms with E-state index in [9.17, 15) is 14.4 Å². The number of hydrogen-bond acceptors (Lipinski definition) is 4. The fourth-order valence-electron chi connectivity index (χ4n) is 1.66. The molecule has 0 aliphatic rings. The summed E-state index contributed by atoms with van der Waals surface area (Å²) in [5, 5.41) is 11.1. The molecule has 0 fully saturated rings. The monoisotopic (exact) mass is 279 g/mol. The van der Waals surface area contributed by atoms with Crippen LogP contribution in [0.3, 0.4) is 0 Å². The largest absolute Gasteiger partial charge is 0.496 e. The number of benzene rings is 1.